The zero-order valence-corrected chi connectivity index (χ0v) is 19.6. The zero-order valence-electron chi connectivity index (χ0n) is 18.9. The van der Waals surface area contributed by atoms with E-state index < -0.39 is 0 Å². The molecule has 0 aromatic carbocycles. The molecule has 0 aliphatic heterocycles. The number of nitrogens with two attached hydrogens (primary N) is 1. The van der Waals surface area contributed by atoms with E-state index in [-0.39, 0.29) is 0 Å². The van der Waals surface area contributed by atoms with Crippen molar-refractivity contribution in [1.82, 2.24) is 24.7 Å². The number of nitrogen functional groups attached to an aromatic ring is 1. The van der Waals surface area contributed by atoms with Crippen LogP contribution in [0.2, 0.25) is 5.15 Å². The van der Waals surface area contributed by atoms with E-state index >= 15 is 0 Å². The summed E-state index contributed by atoms with van der Waals surface area (Å²) in [5.41, 5.74) is 8.95. The van der Waals surface area contributed by atoms with Gasteiger partial charge in [-0.2, -0.15) is 5.10 Å². The molecule has 10 heteroatoms. The number of fused-ring (bicyclic) bond motifs is 1. The Balaban J connectivity index is 1.28. The molecule has 4 aromatic rings. The Morgan fingerprint density at radius 1 is 1.12 bits per heavy atom. The lowest BCUT2D eigenvalue weighted by atomic mass is 10.1. The average molecular weight is 480 g/mol. The molecule has 3 N–H and O–H groups in total. The van der Waals surface area contributed by atoms with Crippen LogP contribution in [0.3, 0.4) is 0 Å². The first-order chi connectivity index (χ1) is 16.6. The lowest BCUT2D eigenvalue weighted by Gasteiger charge is -2.09. The fourth-order valence-electron chi connectivity index (χ4n) is 3.90. The number of nitrogens with zero attached hydrogens (tertiary/aromatic N) is 5. The first-order valence-corrected chi connectivity index (χ1v) is 11.6. The molecule has 1 saturated carbocycles. The predicted molar refractivity (Wildman–Crippen MR) is 132 cm³/mol. The van der Waals surface area contributed by atoms with Crippen molar-refractivity contribution in [2.45, 2.75) is 25.3 Å². The van der Waals surface area contributed by atoms with E-state index in [1.54, 1.807) is 24.4 Å². The van der Waals surface area contributed by atoms with Gasteiger partial charge >= 0.3 is 0 Å². The minimum absolute atomic E-state index is 0.407. The lowest BCUT2D eigenvalue weighted by molar-refractivity contribution is 0.0998. The fraction of sp³-hybridized carbons (Fsp3) is 0.333. The van der Waals surface area contributed by atoms with Crippen molar-refractivity contribution in [3.63, 3.8) is 0 Å². The van der Waals surface area contributed by atoms with Crippen molar-refractivity contribution in [3.05, 3.63) is 53.6 Å². The van der Waals surface area contributed by atoms with Gasteiger partial charge in [-0.3, -0.25) is 4.68 Å². The largest absolute Gasteiger partial charge is 0.475 e. The highest BCUT2D eigenvalue weighted by molar-refractivity contribution is 6.29. The highest BCUT2D eigenvalue weighted by Gasteiger charge is 2.27. The number of hydrogen-bond donors (Lipinski definition) is 2. The first-order valence-electron chi connectivity index (χ1n) is 11.3. The predicted octanol–water partition coefficient (Wildman–Crippen LogP) is 4.14. The normalized spacial score (nSPS) is 13.4. The van der Waals surface area contributed by atoms with E-state index in [1.807, 2.05) is 19.3 Å². The van der Waals surface area contributed by atoms with E-state index in [4.69, 9.17) is 31.9 Å². The van der Waals surface area contributed by atoms with Crippen LogP contribution in [0.4, 0.5) is 11.6 Å². The maximum Gasteiger partial charge on any atom is 0.214 e. The molecule has 0 bridgehead atoms. The Kier molecular flexibility index (Phi) is 6.46. The molecule has 1 fully saturated rings. The summed E-state index contributed by atoms with van der Waals surface area (Å²) in [6.07, 6.45) is 6.63. The van der Waals surface area contributed by atoms with Crippen molar-refractivity contribution in [1.29, 1.82) is 0 Å². The summed E-state index contributed by atoms with van der Waals surface area (Å²) in [7, 11) is 1.84. The third kappa shape index (κ3) is 4.90. The second kappa shape index (κ2) is 9.82. The molecule has 0 amide bonds. The summed E-state index contributed by atoms with van der Waals surface area (Å²) in [5, 5.41) is 10.3. The van der Waals surface area contributed by atoms with Crippen LogP contribution in [0.5, 0.6) is 5.88 Å². The van der Waals surface area contributed by atoms with Gasteiger partial charge < -0.3 is 20.5 Å². The van der Waals surface area contributed by atoms with Gasteiger partial charge in [0.15, 0.2) is 0 Å². The fourth-order valence-corrected chi connectivity index (χ4v) is 4.05. The molecule has 34 heavy (non-hydrogen) atoms. The molecule has 5 rings (SSSR count). The third-order valence-corrected chi connectivity index (χ3v) is 5.89. The van der Waals surface area contributed by atoms with E-state index in [0.717, 1.165) is 52.8 Å². The minimum atomic E-state index is 0.407. The van der Waals surface area contributed by atoms with Crippen LogP contribution in [-0.4, -0.2) is 51.6 Å². The molecule has 0 spiro atoms. The second-order valence-corrected chi connectivity index (χ2v) is 8.52. The van der Waals surface area contributed by atoms with Gasteiger partial charge in [0.05, 0.1) is 24.9 Å². The van der Waals surface area contributed by atoms with E-state index in [1.165, 1.54) is 0 Å². The maximum absolute atomic E-state index is 5.99. The quantitative estimate of drug-likeness (QED) is 0.258. The van der Waals surface area contributed by atoms with Crippen LogP contribution in [0.25, 0.3) is 22.0 Å². The van der Waals surface area contributed by atoms with Crippen LogP contribution in [0.15, 0.2) is 42.7 Å². The van der Waals surface area contributed by atoms with E-state index in [9.17, 15) is 0 Å². The average Bonchev–Trinajstić information content (AvgIpc) is 3.60. The number of hydrogen-bond acceptors (Lipinski definition) is 8. The van der Waals surface area contributed by atoms with E-state index in [0.29, 0.717) is 42.7 Å². The molecular weight excluding hydrogens is 454 g/mol. The van der Waals surface area contributed by atoms with Crippen molar-refractivity contribution in [2.75, 3.05) is 37.9 Å². The topological polar surface area (TPSA) is 113 Å². The number of rotatable bonds is 10. The van der Waals surface area contributed by atoms with Gasteiger partial charge in [0.2, 0.25) is 5.88 Å². The number of pyridine rings is 3. The summed E-state index contributed by atoms with van der Waals surface area (Å²) in [6.45, 7) is 1.44. The molecule has 0 unspecified atom stereocenters. The van der Waals surface area contributed by atoms with Crippen molar-refractivity contribution in [2.24, 2.45) is 0 Å². The lowest BCUT2D eigenvalue weighted by Crippen LogP contribution is -2.11. The smallest absolute Gasteiger partial charge is 0.214 e. The van der Waals surface area contributed by atoms with Gasteiger partial charge in [-0.1, -0.05) is 17.7 Å². The van der Waals surface area contributed by atoms with Crippen molar-refractivity contribution in [3.8, 4) is 17.1 Å². The summed E-state index contributed by atoms with van der Waals surface area (Å²) in [5.74, 6) is 1.72. The Labute approximate surface area is 202 Å². The summed E-state index contributed by atoms with van der Waals surface area (Å²) in [6, 6.07) is 9.73. The Bertz CT molecular complexity index is 1310. The molecule has 0 saturated heterocycles. The molecule has 0 radical (unpaired) electrons. The summed E-state index contributed by atoms with van der Waals surface area (Å²) < 4.78 is 13.5. The molecule has 9 nitrogen and oxygen atoms in total. The van der Waals surface area contributed by atoms with Crippen LogP contribution >= 0.6 is 11.6 Å². The van der Waals surface area contributed by atoms with Gasteiger partial charge in [-0.15, -0.1) is 0 Å². The van der Waals surface area contributed by atoms with Crippen molar-refractivity contribution < 1.29 is 9.47 Å². The molecule has 176 valence electrons. The number of halogens is 1. The van der Waals surface area contributed by atoms with Gasteiger partial charge in [0, 0.05) is 54.0 Å². The van der Waals surface area contributed by atoms with Crippen LogP contribution in [0.1, 0.15) is 24.6 Å². The zero-order chi connectivity index (χ0) is 23.5. The number of aromatic nitrogens is 5. The number of nitrogens with one attached hydrogen (secondary N) is 1. The number of anilines is 2. The summed E-state index contributed by atoms with van der Waals surface area (Å²) >= 11 is 5.87. The van der Waals surface area contributed by atoms with Gasteiger partial charge in [0.25, 0.3) is 0 Å². The van der Waals surface area contributed by atoms with Gasteiger partial charge in [-0.05, 0) is 31.0 Å². The maximum atomic E-state index is 5.99. The van der Waals surface area contributed by atoms with Gasteiger partial charge in [-0.25, -0.2) is 15.0 Å². The Morgan fingerprint density at radius 3 is 2.79 bits per heavy atom. The van der Waals surface area contributed by atoms with E-state index in [2.05, 4.69) is 31.0 Å². The standard InChI is InChI=1S/C24H26ClN7O2/c1-27-24-19-14-28-22(26)12-17(19)18(13-29-24)20-11-16(32(31-20)15-5-6-15)7-8-33-9-10-34-23-4-2-3-21(25)30-23/h2-4,11-15H,5-10H2,1H3,(H2,26,28)(H,27,29). The molecule has 1 aliphatic carbocycles. The monoisotopic (exact) mass is 479 g/mol. The molecule has 0 atom stereocenters. The van der Waals surface area contributed by atoms with Crippen LogP contribution in [0, 0.1) is 0 Å². The second-order valence-electron chi connectivity index (χ2n) is 8.13. The minimum Gasteiger partial charge on any atom is -0.475 e. The number of ether oxygens (including phenoxy) is 2. The Hall–Kier alpha value is -3.43. The molecule has 1 aliphatic rings. The third-order valence-electron chi connectivity index (χ3n) is 5.68. The van der Waals surface area contributed by atoms with Gasteiger partial charge in [0.1, 0.15) is 23.4 Å². The molecule has 4 aromatic heterocycles. The van der Waals surface area contributed by atoms with Crippen LogP contribution < -0.4 is 15.8 Å². The van der Waals surface area contributed by atoms with Crippen LogP contribution in [-0.2, 0) is 11.2 Å². The Morgan fingerprint density at radius 2 is 2.00 bits per heavy atom. The van der Waals surface area contributed by atoms with Crippen molar-refractivity contribution >= 4 is 34.0 Å². The molecule has 4 heterocycles. The highest BCUT2D eigenvalue weighted by atomic mass is 35.5. The SMILES string of the molecule is CNc1ncc(-c2cc(CCOCCOc3cccc(Cl)n3)n(C3CC3)n2)c2cc(N)ncc12. The highest BCUT2D eigenvalue weighted by Crippen LogP contribution is 2.38. The molecular formula is C24H26ClN7O2. The summed E-state index contributed by atoms with van der Waals surface area (Å²) in [4.78, 5) is 12.9. The first kappa shape index (κ1) is 22.4.